The van der Waals surface area contributed by atoms with Crippen LogP contribution in [0, 0.1) is 0 Å². The van der Waals surface area contributed by atoms with Gasteiger partial charge in [0.2, 0.25) is 23.7 Å². The summed E-state index contributed by atoms with van der Waals surface area (Å²) >= 11 is 6.49. The van der Waals surface area contributed by atoms with E-state index in [1.165, 1.54) is 17.3 Å². The molecule has 5 heterocycles. The maximum Gasteiger partial charge on any atom is 0.243 e. The predicted molar refractivity (Wildman–Crippen MR) is 250 cm³/mol. The number of halogens is 1. The minimum atomic E-state index is -2.55. The first-order chi connectivity index (χ1) is 30.4. The molecule has 8 rings (SSSR count). The number of carbonyl (C=O) groups is 3. The number of benzene rings is 3. The van der Waals surface area contributed by atoms with Crippen molar-refractivity contribution in [1.82, 2.24) is 30.0 Å². The van der Waals surface area contributed by atoms with Crippen LogP contribution in [-0.4, -0.2) is 121 Å². The zero-order chi connectivity index (χ0) is 44.1. The lowest BCUT2D eigenvalue weighted by Gasteiger charge is -2.43. The van der Waals surface area contributed by atoms with Gasteiger partial charge in [0, 0.05) is 101 Å². The van der Waals surface area contributed by atoms with Crippen LogP contribution in [0.25, 0.3) is 0 Å². The summed E-state index contributed by atoms with van der Waals surface area (Å²) in [5.41, 5.74) is 6.01. The number of ether oxygens (including phenoxy) is 1. The quantitative estimate of drug-likeness (QED) is 0.0591. The minimum absolute atomic E-state index is 0.190. The molecule has 0 radical (unpaired) electrons. The summed E-state index contributed by atoms with van der Waals surface area (Å²) in [7, 11) is -0.900. The number of nitrogens with zero attached hydrogens (tertiary/aromatic N) is 6. The van der Waals surface area contributed by atoms with E-state index in [0.29, 0.717) is 66.6 Å². The summed E-state index contributed by atoms with van der Waals surface area (Å²) < 4.78 is 18.7. The van der Waals surface area contributed by atoms with Crippen LogP contribution in [0.1, 0.15) is 56.1 Å². The molecule has 1 atom stereocenters. The van der Waals surface area contributed by atoms with Crippen molar-refractivity contribution >= 4 is 76.3 Å². The zero-order valence-corrected chi connectivity index (χ0v) is 38.0. The molecule has 4 aliphatic rings. The van der Waals surface area contributed by atoms with E-state index in [0.717, 1.165) is 93.9 Å². The number of methoxy groups -OCH3 is 1. The highest BCUT2D eigenvalue weighted by atomic mass is 35.5. The highest BCUT2D eigenvalue weighted by Gasteiger charge is 2.35. The molecule has 4 aliphatic heterocycles. The van der Waals surface area contributed by atoms with Gasteiger partial charge < -0.3 is 35.1 Å². The maximum atomic E-state index is 13.2. The number of carbonyl (C=O) groups excluding carboxylic acids is 3. The first kappa shape index (κ1) is 44.4. The SMILES string of the molecule is COc1cc(N2CCC(N3CCN(C(=O)CCCCNc4cccc5c4CN(C4CCC(=O)NC4=O)C5)CC3)CC2)ccc1Nc1ncc(Cl)c(Nc2ccccc2P(C)(C)=O)n1. The van der Waals surface area contributed by atoms with Crippen LogP contribution in [0.3, 0.4) is 0 Å². The van der Waals surface area contributed by atoms with E-state index in [4.69, 9.17) is 16.3 Å². The first-order valence-corrected chi connectivity index (χ1v) is 25.0. The van der Waals surface area contributed by atoms with Gasteiger partial charge in [0.25, 0.3) is 0 Å². The Morgan fingerprint density at radius 3 is 2.43 bits per heavy atom. The summed E-state index contributed by atoms with van der Waals surface area (Å²) in [6.07, 6.45) is 6.84. The lowest BCUT2D eigenvalue weighted by atomic mass is 10.0. The molecule has 3 fully saturated rings. The van der Waals surface area contributed by atoms with Crippen LogP contribution in [0.5, 0.6) is 5.75 Å². The molecule has 0 spiro atoms. The third kappa shape index (κ3) is 10.6. The monoisotopic (exact) mass is 896 g/mol. The third-order valence-electron chi connectivity index (χ3n) is 12.7. The van der Waals surface area contributed by atoms with Crippen molar-refractivity contribution in [3.05, 3.63) is 83.0 Å². The predicted octanol–water partition coefficient (Wildman–Crippen LogP) is 6.39. The van der Waals surface area contributed by atoms with Crippen molar-refractivity contribution in [3.8, 4) is 5.75 Å². The topological polar surface area (TPSA) is 164 Å². The molecule has 0 saturated carbocycles. The number of anilines is 6. The van der Waals surface area contributed by atoms with E-state index in [-0.39, 0.29) is 23.8 Å². The number of para-hydroxylation sites is 1. The highest BCUT2D eigenvalue weighted by Crippen LogP contribution is 2.39. The van der Waals surface area contributed by atoms with Crippen molar-refractivity contribution in [2.75, 3.05) is 87.1 Å². The summed E-state index contributed by atoms with van der Waals surface area (Å²) in [6, 6.07) is 20.0. The molecular formula is C46H58ClN10O5P. The second-order valence-corrected chi connectivity index (χ2v) is 20.8. The van der Waals surface area contributed by atoms with Crippen LogP contribution in [-0.2, 0) is 32.0 Å². The number of piperazine rings is 1. The molecule has 1 unspecified atom stereocenters. The van der Waals surface area contributed by atoms with E-state index in [2.05, 4.69) is 64.1 Å². The van der Waals surface area contributed by atoms with Crippen molar-refractivity contribution in [1.29, 1.82) is 0 Å². The third-order valence-corrected chi connectivity index (χ3v) is 14.5. The molecule has 63 heavy (non-hydrogen) atoms. The Morgan fingerprint density at radius 2 is 1.67 bits per heavy atom. The number of amides is 3. The molecule has 3 amide bonds. The van der Waals surface area contributed by atoms with E-state index in [1.807, 2.05) is 47.4 Å². The maximum absolute atomic E-state index is 13.2. The average Bonchev–Trinajstić information content (AvgIpc) is 3.72. The lowest BCUT2D eigenvalue weighted by Crippen LogP contribution is -2.54. The summed E-state index contributed by atoms with van der Waals surface area (Å²) in [5.74, 6) is 1.26. The molecule has 15 nitrogen and oxygen atoms in total. The Kier molecular flexibility index (Phi) is 13.9. The fourth-order valence-corrected chi connectivity index (χ4v) is 10.6. The Morgan fingerprint density at radius 1 is 0.889 bits per heavy atom. The molecule has 17 heteroatoms. The second kappa shape index (κ2) is 19.7. The Bertz CT molecular complexity index is 2360. The van der Waals surface area contributed by atoms with Gasteiger partial charge in [-0.05, 0) is 86.9 Å². The molecule has 3 aromatic carbocycles. The minimum Gasteiger partial charge on any atom is -0.494 e. The summed E-state index contributed by atoms with van der Waals surface area (Å²) in [4.78, 5) is 55.5. The number of nitrogens with one attached hydrogen (secondary N) is 4. The number of unbranched alkanes of at least 4 members (excludes halogenated alkanes) is 1. The molecule has 334 valence electrons. The van der Waals surface area contributed by atoms with Gasteiger partial charge in [-0.25, -0.2) is 4.98 Å². The number of rotatable bonds is 15. The summed E-state index contributed by atoms with van der Waals surface area (Å²) in [6.45, 7) is 10.8. The van der Waals surface area contributed by atoms with Gasteiger partial charge in [-0.2, -0.15) is 4.98 Å². The molecular weight excluding hydrogens is 839 g/mol. The zero-order valence-electron chi connectivity index (χ0n) is 36.4. The molecule has 0 bridgehead atoms. The standard InChI is InChI=1S/C46H58ClN10O5P/c1-62-40-27-33(14-15-37(40)51-46-49-28-35(47)44(53-46)50-38-10-4-5-12-41(38)63(2,3)61)54-21-18-32(19-22-54)55-23-25-56(26-24-55)43(59)13-6-7-20-48-36-11-8-9-31-29-57(30-34(31)36)39-16-17-42(58)52-45(39)60/h4-5,8-12,14-15,27-28,32,39,48H,6-7,13,16-26,29-30H2,1-3H3,(H,52,58,60)(H2,49,50,51,53). The van der Waals surface area contributed by atoms with Crippen LogP contribution in [0.4, 0.5) is 34.5 Å². The first-order valence-electron chi connectivity index (χ1n) is 22.0. The van der Waals surface area contributed by atoms with E-state index >= 15 is 0 Å². The van der Waals surface area contributed by atoms with Crippen LogP contribution >= 0.6 is 18.7 Å². The van der Waals surface area contributed by atoms with Crippen molar-refractivity contribution in [3.63, 3.8) is 0 Å². The smallest absolute Gasteiger partial charge is 0.243 e. The number of imide groups is 1. The number of hydrogen-bond donors (Lipinski definition) is 4. The van der Waals surface area contributed by atoms with Crippen molar-refractivity contribution in [2.24, 2.45) is 0 Å². The van der Waals surface area contributed by atoms with Crippen molar-refractivity contribution < 1.29 is 23.7 Å². The average molecular weight is 897 g/mol. The fraction of sp³-hybridized carbons (Fsp3) is 0.457. The van der Waals surface area contributed by atoms with E-state index < -0.39 is 7.14 Å². The lowest BCUT2D eigenvalue weighted by molar-refractivity contribution is -0.138. The van der Waals surface area contributed by atoms with Crippen LogP contribution < -0.4 is 36.2 Å². The van der Waals surface area contributed by atoms with Gasteiger partial charge in [0.1, 0.15) is 17.9 Å². The van der Waals surface area contributed by atoms with Gasteiger partial charge in [-0.3, -0.25) is 29.5 Å². The van der Waals surface area contributed by atoms with E-state index in [9.17, 15) is 18.9 Å². The summed E-state index contributed by atoms with van der Waals surface area (Å²) in [5, 5.41) is 13.7. The van der Waals surface area contributed by atoms with Gasteiger partial charge in [-0.1, -0.05) is 35.9 Å². The molecule has 4 aromatic rings. The van der Waals surface area contributed by atoms with Gasteiger partial charge in [0.15, 0.2) is 5.82 Å². The number of hydrogen-bond acceptors (Lipinski definition) is 13. The van der Waals surface area contributed by atoms with Crippen molar-refractivity contribution in [2.45, 2.75) is 70.1 Å². The van der Waals surface area contributed by atoms with Gasteiger partial charge in [-0.15, -0.1) is 0 Å². The number of aromatic nitrogens is 2. The Balaban J connectivity index is 0.756. The van der Waals surface area contributed by atoms with Crippen LogP contribution in [0.2, 0.25) is 5.02 Å². The number of piperidine rings is 2. The Hall–Kier alpha value is -5.21. The fourth-order valence-electron chi connectivity index (χ4n) is 9.26. The number of fused-ring (bicyclic) bond motifs is 1. The molecule has 3 saturated heterocycles. The molecule has 0 aliphatic carbocycles. The normalized spacial score (nSPS) is 18.8. The van der Waals surface area contributed by atoms with E-state index in [1.54, 1.807) is 20.4 Å². The molecule has 1 aromatic heterocycles. The van der Waals surface area contributed by atoms with Gasteiger partial charge in [0.05, 0.1) is 30.7 Å². The second-order valence-electron chi connectivity index (χ2n) is 17.2. The Labute approximate surface area is 374 Å². The molecule has 4 N–H and O–H groups in total. The largest absolute Gasteiger partial charge is 0.494 e. The highest BCUT2D eigenvalue weighted by molar-refractivity contribution is 7.70. The van der Waals surface area contributed by atoms with Gasteiger partial charge >= 0.3 is 0 Å². The van der Waals surface area contributed by atoms with Crippen LogP contribution in [0.15, 0.2) is 66.9 Å².